The molecular formula is C15H19N5O. The van der Waals surface area contributed by atoms with Crippen LogP contribution in [0.3, 0.4) is 0 Å². The number of pyridine rings is 1. The van der Waals surface area contributed by atoms with E-state index >= 15 is 0 Å². The van der Waals surface area contributed by atoms with Crippen molar-refractivity contribution >= 4 is 5.91 Å². The van der Waals surface area contributed by atoms with E-state index in [0.717, 1.165) is 30.2 Å². The number of amides is 1. The Kier molecular flexibility index (Phi) is 3.68. The lowest BCUT2D eigenvalue weighted by molar-refractivity contribution is -0.133. The summed E-state index contributed by atoms with van der Waals surface area (Å²) in [5, 5.41) is 8.27. The average molecular weight is 285 g/mol. The minimum absolute atomic E-state index is 0.164. The summed E-state index contributed by atoms with van der Waals surface area (Å²) in [6, 6.07) is 4.12. The van der Waals surface area contributed by atoms with Gasteiger partial charge in [-0.25, -0.2) is 0 Å². The van der Waals surface area contributed by atoms with Crippen LogP contribution in [0.15, 0.2) is 24.5 Å². The average Bonchev–Trinajstić information content (AvgIpc) is 2.87. The summed E-state index contributed by atoms with van der Waals surface area (Å²) in [5.74, 6) is 1.96. The molecule has 0 aromatic carbocycles. The van der Waals surface area contributed by atoms with E-state index in [1.807, 2.05) is 30.2 Å². The third-order valence-corrected chi connectivity index (χ3v) is 3.90. The van der Waals surface area contributed by atoms with Gasteiger partial charge in [-0.2, -0.15) is 0 Å². The molecule has 1 aliphatic rings. The summed E-state index contributed by atoms with van der Waals surface area (Å²) in [6.45, 7) is 5.32. The summed E-state index contributed by atoms with van der Waals surface area (Å²) in [4.78, 5) is 18.3. The number of hydrogen-bond donors (Lipinski definition) is 0. The Balaban J connectivity index is 1.64. The molecule has 2 aromatic heterocycles. The highest BCUT2D eigenvalue weighted by Crippen LogP contribution is 2.21. The van der Waals surface area contributed by atoms with Crippen molar-refractivity contribution in [1.82, 2.24) is 24.6 Å². The number of nitrogens with zero attached hydrogens (tertiary/aromatic N) is 5. The number of rotatable bonds is 3. The molecule has 110 valence electrons. The molecule has 2 aromatic rings. The molecule has 0 aliphatic carbocycles. The summed E-state index contributed by atoms with van der Waals surface area (Å²) >= 11 is 0. The van der Waals surface area contributed by atoms with Gasteiger partial charge < -0.3 is 9.47 Å². The van der Waals surface area contributed by atoms with Crippen LogP contribution >= 0.6 is 0 Å². The Hall–Kier alpha value is -2.24. The lowest BCUT2D eigenvalue weighted by atomic mass is 10.1. The van der Waals surface area contributed by atoms with Crippen molar-refractivity contribution in [1.29, 1.82) is 0 Å². The van der Waals surface area contributed by atoms with E-state index < -0.39 is 0 Å². The van der Waals surface area contributed by atoms with E-state index in [-0.39, 0.29) is 11.9 Å². The van der Waals surface area contributed by atoms with E-state index in [1.165, 1.54) is 0 Å². The zero-order chi connectivity index (χ0) is 14.8. The van der Waals surface area contributed by atoms with Gasteiger partial charge in [0.25, 0.3) is 0 Å². The molecule has 0 unspecified atom stereocenters. The topological polar surface area (TPSA) is 63.9 Å². The molecule has 1 aliphatic heterocycles. The van der Waals surface area contributed by atoms with Gasteiger partial charge in [-0.3, -0.25) is 9.78 Å². The molecule has 3 rings (SSSR count). The third-order valence-electron chi connectivity index (χ3n) is 3.90. The fourth-order valence-corrected chi connectivity index (χ4v) is 2.88. The van der Waals surface area contributed by atoms with Crippen LogP contribution in [-0.2, 0) is 17.8 Å². The quantitative estimate of drug-likeness (QED) is 0.857. The summed E-state index contributed by atoms with van der Waals surface area (Å²) in [5.41, 5.74) is 1.09. The smallest absolute Gasteiger partial charge is 0.223 e. The third kappa shape index (κ3) is 2.79. The first-order valence-corrected chi connectivity index (χ1v) is 7.22. The monoisotopic (exact) mass is 285 g/mol. The van der Waals surface area contributed by atoms with Crippen molar-refractivity contribution in [3.05, 3.63) is 41.7 Å². The fourth-order valence-electron chi connectivity index (χ4n) is 2.88. The first-order valence-electron chi connectivity index (χ1n) is 7.22. The zero-order valence-electron chi connectivity index (χ0n) is 12.4. The first kappa shape index (κ1) is 13.7. The first-order chi connectivity index (χ1) is 10.1. The van der Waals surface area contributed by atoms with Crippen molar-refractivity contribution in [2.45, 2.75) is 39.3 Å². The van der Waals surface area contributed by atoms with Crippen LogP contribution in [-0.4, -0.2) is 37.1 Å². The maximum atomic E-state index is 12.4. The number of aryl methyl sites for hydroxylation is 2. The van der Waals surface area contributed by atoms with E-state index in [9.17, 15) is 4.79 Å². The number of carbonyl (C=O) groups excluding carboxylic acids is 1. The standard InChI is InChI=1S/C15H19N5O/c1-11-9-19(10-14-18-17-12(2)20(11)14)15(21)6-5-13-4-3-7-16-8-13/h3-4,7-8,11H,5-6,9-10H2,1-2H3/t11-/m1/s1. The largest absolute Gasteiger partial charge is 0.333 e. The maximum Gasteiger partial charge on any atom is 0.223 e. The van der Waals surface area contributed by atoms with E-state index in [0.29, 0.717) is 13.0 Å². The number of hydrogen-bond acceptors (Lipinski definition) is 4. The van der Waals surface area contributed by atoms with E-state index in [4.69, 9.17) is 0 Å². The second-order valence-corrected chi connectivity index (χ2v) is 5.52. The lowest BCUT2D eigenvalue weighted by Crippen LogP contribution is -2.40. The van der Waals surface area contributed by atoms with Crippen molar-refractivity contribution in [3.8, 4) is 0 Å². The van der Waals surface area contributed by atoms with Gasteiger partial charge in [0.1, 0.15) is 5.82 Å². The molecule has 21 heavy (non-hydrogen) atoms. The van der Waals surface area contributed by atoms with Crippen LogP contribution in [0.1, 0.15) is 36.6 Å². The maximum absolute atomic E-state index is 12.4. The van der Waals surface area contributed by atoms with E-state index in [1.54, 1.807) is 6.20 Å². The Morgan fingerprint density at radius 3 is 3.05 bits per heavy atom. The summed E-state index contributed by atoms with van der Waals surface area (Å²) < 4.78 is 2.12. The molecule has 6 nitrogen and oxygen atoms in total. The number of carbonyl (C=O) groups is 1. The minimum atomic E-state index is 0.164. The fraction of sp³-hybridized carbons (Fsp3) is 0.467. The Morgan fingerprint density at radius 2 is 2.29 bits per heavy atom. The van der Waals surface area contributed by atoms with Crippen molar-refractivity contribution in [3.63, 3.8) is 0 Å². The van der Waals surface area contributed by atoms with Gasteiger partial charge in [-0.1, -0.05) is 6.07 Å². The second kappa shape index (κ2) is 5.63. The molecule has 0 saturated carbocycles. The van der Waals surface area contributed by atoms with Crippen LogP contribution in [0.4, 0.5) is 0 Å². The number of aromatic nitrogens is 4. The normalized spacial score (nSPS) is 17.6. The molecule has 3 heterocycles. The Labute approximate surface area is 123 Å². The van der Waals surface area contributed by atoms with E-state index in [2.05, 4.69) is 26.7 Å². The van der Waals surface area contributed by atoms with Gasteiger partial charge in [0.2, 0.25) is 5.91 Å². The molecule has 0 bridgehead atoms. The molecular weight excluding hydrogens is 266 g/mol. The van der Waals surface area contributed by atoms with Crippen molar-refractivity contribution < 1.29 is 4.79 Å². The van der Waals surface area contributed by atoms with Gasteiger partial charge in [-0.05, 0) is 31.9 Å². The lowest BCUT2D eigenvalue weighted by Gasteiger charge is -2.32. The minimum Gasteiger partial charge on any atom is -0.333 e. The molecule has 0 saturated heterocycles. The molecule has 1 atom stereocenters. The SMILES string of the molecule is Cc1nnc2n1[C@H](C)CN(C(=O)CCc1cccnc1)C2. The predicted octanol–water partition coefficient (Wildman–Crippen LogP) is 1.52. The molecule has 0 fully saturated rings. The molecule has 0 spiro atoms. The zero-order valence-corrected chi connectivity index (χ0v) is 12.4. The van der Waals surface area contributed by atoms with Crippen LogP contribution < -0.4 is 0 Å². The van der Waals surface area contributed by atoms with Crippen LogP contribution in [0.2, 0.25) is 0 Å². The van der Waals surface area contributed by atoms with Crippen molar-refractivity contribution in [2.75, 3.05) is 6.54 Å². The van der Waals surface area contributed by atoms with Crippen LogP contribution in [0, 0.1) is 6.92 Å². The molecule has 6 heteroatoms. The highest BCUT2D eigenvalue weighted by atomic mass is 16.2. The summed E-state index contributed by atoms with van der Waals surface area (Å²) in [6.07, 6.45) is 4.79. The molecule has 0 radical (unpaired) electrons. The highest BCUT2D eigenvalue weighted by molar-refractivity contribution is 5.76. The predicted molar refractivity (Wildman–Crippen MR) is 77.4 cm³/mol. The number of fused-ring (bicyclic) bond motifs is 1. The van der Waals surface area contributed by atoms with Crippen LogP contribution in [0.25, 0.3) is 0 Å². The van der Waals surface area contributed by atoms with Crippen molar-refractivity contribution in [2.24, 2.45) is 0 Å². The molecule has 0 N–H and O–H groups in total. The van der Waals surface area contributed by atoms with Crippen LogP contribution in [0.5, 0.6) is 0 Å². The van der Waals surface area contributed by atoms with Gasteiger partial charge >= 0.3 is 0 Å². The Morgan fingerprint density at radius 1 is 1.43 bits per heavy atom. The molecule has 1 amide bonds. The van der Waals surface area contributed by atoms with Gasteiger partial charge in [0.15, 0.2) is 5.82 Å². The van der Waals surface area contributed by atoms with Gasteiger partial charge in [0, 0.05) is 25.4 Å². The summed E-state index contributed by atoms with van der Waals surface area (Å²) in [7, 11) is 0. The second-order valence-electron chi connectivity index (χ2n) is 5.52. The highest BCUT2D eigenvalue weighted by Gasteiger charge is 2.27. The Bertz CT molecular complexity index is 637. The van der Waals surface area contributed by atoms with Gasteiger partial charge in [-0.15, -0.1) is 10.2 Å². The van der Waals surface area contributed by atoms with Gasteiger partial charge in [0.05, 0.1) is 12.6 Å².